The van der Waals surface area contributed by atoms with Gasteiger partial charge in [0, 0.05) is 30.4 Å². The van der Waals surface area contributed by atoms with E-state index in [9.17, 15) is 4.39 Å². The van der Waals surface area contributed by atoms with Crippen LogP contribution in [-0.4, -0.2) is 47.2 Å². The van der Waals surface area contributed by atoms with Crippen LogP contribution in [0.2, 0.25) is 0 Å². The highest BCUT2D eigenvalue weighted by atomic mass is 19.1. The third kappa shape index (κ3) is 6.43. The molecule has 0 bridgehead atoms. The first-order chi connectivity index (χ1) is 16.1. The molecular formula is C24H36FN7O. The lowest BCUT2D eigenvalue weighted by Crippen LogP contribution is -2.40. The summed E-state index contributed by atoms with van der Waals surface area (Å²) >= 11 is 0. The van der Waals surface area contributed by atoms with Crippen LogP contribution in [0.5, 0.6) is 5.75 Å². The van der Waals surface area contributed by atoms with E-state index in [-0.39, 0.29) is 11.8 Å². The van der Waals surface area contributed by atoms with Gasteiger partial charge in [-0.15, -0.1) is 0 Å². The van der Waals surface area contributed by atoms with Gasteiger partial charge in [-0.05, 0) is 56.7 Å². The molecule has 0 radical (unpaired) electrons. The number of hydrogen-bond donors (Lipinski definition) is 4. The largest absolute Gasteiger partial charge is 0.494 e. The Balaban J connectivity index is 1.52. The van der Waals surface area contributed by atoms with Crippen LogP contribution in [0.1, 0.15) is 58.3 Å². The van der Waals surface area contributed by atoms with Crippen LogP contribution in [0, 0.1) is 11.7 Å². The molecule has 1 saturated heterocycles. The summed E-state index contributed by atoms with van der Waals surface area (Å²) in [5.74, 6) is 1.83. The molecule has 8 nitrogen and oxygen atoms in total. The maximum absolute atomic E-state index is 14.2. The molecule has 0 spiro atoms. The molecule has 4 N–H and O–H groups in total. The van der Waals surface area contributed by atoms with Crippen molar-refractivity contribution in [1.29, 1.82) is 0 Å². The fourth-order valence-corrected chi connectivity index (χ4v) is 4.78. The molecule has 1 aliphatic carbocycles. The van der Waals surface area contributed by atoms with Gasteiger partial charge in [-0.3, -0.25) is 0 Å². The molecule has 1 aliphatic heterocycles. The number of ether oxygens (including phenoxy) is 1. The zero-order chi connectivity index (χ0) is 23.0. The molecule has 180 valence electrons. The Morgan fingerprint density at radius 3 is 2.55 bits per heavy atom. The second kappa shape index (κ2) is 11.4. The first kappa shape index (κ1) is 23.5. The van der Waals surface area contributed by atoms with Crippen LogP contribution in [0.25, 0.3) is 0 Å². The van der Waals surface area contributed by atoms with Crippen LogP contribution >= 0.6 is 0 Å². The topological polar surface area (TPSA) is 96.0 Å². The molecule has 1 aromatic heterocycles. The van der Waals surface area contributed by atoms with Gasteiger partial charge in [0.15, 0.2) is 11.6 Å². The van der Waals surface area contributed by atoms with Crippen LogP contribution in [0.15, 0.2) is 18.2 Å². The minimum Gasteiger partial charge on any atom is -0.494 e. The lowest BCUT2D eigenvalue weighted by molar-refractivity contribution is 0.373. The van der Waals surface area contributed by atoms with Crippen molar-refractivity contribution in [3.63, 3.8) is 0 Å². The number of halogens is 1. The van der Waals surface area contributed by atoms with Crippen LogP contribution in [0.3, 0.4) is 0 Å². The van der Waals surface area contributed by atoms with Crippen molar-refractivity contribution in [2.24, 2.45) is 5.92 Å². The molecule has 2 atom stereocenters. The van der Waals surface area contributed by atoms with E-state index in [2.05, 4.69) is 43.1 Å². The smallest absolute Gasteiger partial charge is 0.233 e. The number of nitrogens with one attached hydrogen (secondary N) is 4. The molecule has 4 rings (SSSR count). The Morgan fingerprint density at radius 2 is 1.85 bits per heavy atom. The lowest BCUT2D eigenvalue weighted by Gasteiger charge is -2.24. The summed E-state index contributed by atoms with van der Waals surface area (Å²) in [5.41, 5.74) is 0.549. The fraction of sp³-hybridized carbons (Fsp3) is 0.625. The number of benzene rings is 1. The average Bonchev–Trinajstić information content (AvgIpc) is 3.37. The van der Waals surface area contributed by atoms with Crippen LogP contribution in [-0.2, 0) is 0 Å². The van der Waals surface area contributed by atoms with Gasteiger partial charge in [-0.25, -0.2) is 4.39 Å². The number of anilines is 4. The quantitative estimate of drug-likeness (QED) is 0.408. The lowest BCUT2D eigenvalue weighted by atomic mass is 9.89. The van der Waals surface area contributed by atoms with E-state index >= 15 is 0 Å². The zero-order valence-electron chi connectivity index (χ0n) is 19.7. The van der Waals surface area contributed by atoms with Gasteiger partial charge >= 0.3 is 0 Å². The normalized spacial score (nSPS) is 19.8. The number of hydrogen-bond acceptors (Lipinski definition) is 8. The van der Waals surface area contributed by atoms with E-state index in [1.165, 1.54) is 51.7 Å². The predicted octanol–water partition coefficient (Wildman–Crippen LogP) is 4.70. The molecule has 2 aliphatic rings. The third-order valence-corrected chi connectivity index (χ3v) is 6.66. The molecule has 0 amide bonds. The minimum atomic E-state index is -0.441. The minimum absolute atomic E-state index is 0.197. The average molecular weight is 458 g/mol. The Morgan fingerprint density at radius 1 is 1.06 bits per heavy atom. The molecular weight excluding hydrogens is 421 g/mol. The number of aromatic nitrogens is 3. The Bertz CT molecular complexity index is 900. The van der Waals surface area contributed by atoms with Crippen molar-refractivity contribution < 1.29 is 9.13 Å². The summed E-state index contributed by atoms with van der Waals surface area (Å²) in [6, 6.07) is 5.33. The predicted molar refractivity (Wildman–Crippen MR) is 130 cm³/mol. The number of methoxy groups -OCH3 is 1. The van der Waals surface area contributed by atoms with Gasteiger partial charge < -0.3 is 26.0 Å². The highest BCUT2D eigenvalue weighted by molar-refractivity contribution is 5.57. The number of rotatable bonds is 10. The first-order valence-corrected chi connectivity index (χ1v) is 12.2. The molecule has 9 heteroatoms. The van der Waals surface area contributed by atoms with Gasteiger partial charge in [0.25, 0.3) is 0 Å². The highest BCUT2D eigenvalue weighted by Gasteiger charge is 2.24. The van der Waals surface area contributed by atoms with Gasteiger partial charge in [0.2, 0.25) is 17.8 Å². The maximum Gasteiger partial charge on any atom is 0.233 e. The van der Waals surface area contributed by atoms with Crippen molar-refractivity contribution in [3.8, 4) is 5.75 Å². The van der Waals surface area contributed by atoms with Crippen molar-refractivity contribution in [3.05, 3.63) is 24.0 Å². The summed E-state index contributed by atoms with van der Waals surface area (Å²) < 4.78 is 19.2. The monoisotopic (exact) mass is 457 g/mol. The molecule has 2 unspecified atom stereocenters. The SMILES string of the molecule is CCC(Nc1nc(NCC2CCCCC2)nc(Nc2ccc(OC)c(F)c2)n1)C1CCCN1. The van der Waals surface area contributed by atoms with E-state index in [0.717, 1.165) is 25.9 Å². The van der Waals surface area contributed by atoms with Gasteiger partial charge in [-0.1, -0.05) is 26.2 Å². The molecule has 2 heterocycles. The molecule has 1 saturated carbocycles. The Hall–Kier alpha value is -2.68. The van der Waals surface area contributed by atoms with E-state index in [1.54, 1.807) is 12.1 Å². The van der Waals surface area contributed by atoms with E-state index in [0.29, 0.717) is 35.5 Å². The second-order valence-electron chi connectivity index (χ2n) is 9.03. The summed E-state index contributed by atoms with van der Waals surface area (Å²) in [6.07, 6.45) is 9.67. The summed E-state index contributed by atoms with van der Waals surface area (Å²) in [5, 5.41) is 13.6. The first-order valence-electron chi connectivity index (χ1n) is 12.2. The van der Waals surface area contributed by atoms with E-state index < -0.39 is 5.82 Å². The van der Waals surface area contributed by atoms with Crippen molar-refractivity contribution in [1.82, 2.24) is 20.3 Å². The molecule has 2 fully saturated rings. The van der Waals surface area contributed by atoms with Crippen LogP contribution < -0.4 is 26.0 Å². The summed E-state index contributed by atoms with van der Waals surface area (Å²) in [7, 11) is 1.45. The van der Waals surface area contributed by atoms with Crippen LogP contribution in [0.4, 0.5) is 27.9 Å². The second-order valence-corrected chi connectivity index (χ2v) is 9.03. The zero-order valence-corrected chi connectivity index (χ0v) is 19.7. The van der Waals surface area contributed by atoms with Gasteiger partial charge in [-0.2, -0.15) is 15.0 Å². The third-order valence-electron chi connectivity index (χ3n) is 6.66. The molecule has 1 aromatic carbocycles. The van der Waals surface area contributed by atoms with E-state index in [4.69, 9.17) is 4.74 Å². The maximum atomic E-state index is 14.2. The van der Waals surface area contributed by atoms with Crippen molar-refractivity contribution >= 4 is 23.5 Å². The number of nitrogens with zero attached hydrogens (tertiary/aromatic N) is 3. The standard InChI is InChI=1S/C24H36FN7O/c1-3-19(20-10-7-13-26-20)29-24-31-22(27-15-16-8-5-4-6-9-16)30-23(32-24)28-17-11-12-21(33-2)18(25)14-17/h11-12,14,16,19-20,26H,3-10,13,15H2,1-2H3,(H3,27,28,29,30,31,32). The summed E-state index contributed by atoms with van der Waals surface area (Å²) in [6.45, 7) is 4.06. The summed E-state index contributed by atoms with van der Waals surface area (Å²) in [4.78, 5) is 13.8. The van der Waals surface area contributed by atoms with Crippen molar-refractivity contribution in [2.75, 3.05) is 36.1 Å². The molecule has 33 heavy (non-hydrogen) atoms. The van der Waals surface area contributed by atoms with Gasteiger partial charge in [0.1, 0.15) is 0 Å². The fourth-order valence-electron chi connectivity index (χ4n) is 4.78. The Labute approximate surface area is 195 Å². The Kier molecular flexibility index (Phi) is 8.15. The highest BCUT2D eigenvalue weighted by Crippen LogP contribution is 2.25. The van der Waals surface area contributed by atoms with Crippen molar-refractivity contribution in [2.45, 2.75) is 70.4 Å². The van der Waals surface area contributed by atoms with Gasteiger partial charge in [0.05, 0.1) is 7.11 Å². The van der Waals surface area contributed by atoms with E-state index in [1.807, 2.05) is 0 Å². The molecule has 2 aromatic rings.